The Kier molecular flexibility index (Phi) is 6.80. The molecule has 0 aliphatic rings. The SMILES string of the molecule is CCC(C(=O)Nc1cccc(C(F)(F)F)c1)n1cnc2scc(-c3ccc(C(C)C)cc3)c2c1=O. The number of amides is 1. The summed E-state index contributed by atoms with van der Waals surface area (Å²) in [4.78, 5) is 31.5. The van der Waals surface area contributed by atoms with Crippen LogP contribution in [0.2, 0.25) is 0 Å². The Morgan fingerprint density at radius 3 is 2.49 bits per heavy atom. The Labute approximate surface area is 204 Å². The van der Waals surface area contributed by atoms with Gasteiger partial charge in [0.2, 0.25) is 5.91 Å². The van der Waals surface area contributed by atoms with Gasteiger partial charge in [0.05, 0.1) is 17.3 Å². The van der Waals surface area contributed by atoms with Gasteiger partial charge in [-0.1, -0.05) is 51.1 Å². The summed E-state index contributed by atoms with van der Waals surface area (Å²) in [7, 11) is 0. The minimum Gasteiger partial charge on any atom is -0.324 e. The van der Waals surface area contributed by atoms with E-state index in [1.807, 2.05) is 29.6 Å². The van der Waals surface area contributed by atoms with E-state index in [1.165, 1.54) is 39.9 Å². The summed E-state index contributed by atoms with van der Waals surface area (Å²) < 4.78 is 40.4. The van der Waals surface area contributed by atoms with E-state index in [9.17, 15) is 22.8 Å². The van der Waals surface area contributed by atoms with Gasteiger partial charge in [-0.25, -0.2) is 4.98 Å². The third kappa shape index (κ3) is 5.00. The van der Waals surface area contributed by atoms with Crippen molar-refractivity contribution in [3.05, 3.63) is 81.7 Å². The van der Waals surface area contributed by atoms with Crippen LogP contribution >= 0.6 is 11.3 Å². The highest BCUT2D eigenvalue weighted by molar-refractivity contribution is 7.17. The molecule has 1 amide bonds. The number of rotatable bonds is 6. The van der Waals surface area contributed by atoms with Gasteiger partial charge in [0.15, 0.2) is 0 Å². The van der Waals surface area contributed by atoms with Gasteiger partial charge >= 0.3 is 6.18 Å². The number of alkyl halides is 3. The van der Waals surface area contributed by atoms with Crippen LogP contribution in [0.4, 0.5) is 18.9 Å². The van der Waals surface area contributed by atoms with E-state index in [1.54, 1.807) is 6.92 Å². The summed E-state index contributed by atoms with van der Waals surface area (Å²) in [5.74, 6) is -0.212. The molecule has 0 aliphatic heterocycles. The minimum absolute atomic E-state index is 0.00632. The van der Waals surface area contributed by atoms with Crippen molar-refractivity contribution in [1.29, 1.82) is 0 Å². The van der Waals surface area contributed by atoms with Crippen molar-refractivity contribution < 1.29 is 18.0 Å². The summed E-state index contributed by atoms with van der Waals surface area (Å²) >= 11 is 1.34. The number of carbonyl (C=O) groups excluding carboxylic acids is 1. The number of hydrogen-bond donors (Lipinski definition) is 1. The topological polar surface area (TPSA) is 64.0 Å². The fraction of sp³-hybridized carbons (Fsp3) is 0.269. The normalized spacial score (nSPS) is 12.8. The molecule has 0 bridgehead atoms. The maximum atomic E-state index is 13.5. The van der Waals surface area contributed by atoms with E-state index < -0.39 is 23.7 Å². The van der Waals surface area contributed by atoms with E-state index in [4.69, 9.17) is 0 Å². The Bertz CT molecular complexity index is 1420. The molecule has 1 N–H and O–H groups in total. The number of anilines is 1. The second-order valence-corrected chi connectivity index (χ2v) is 9.41. The lowest BCUT2D eigenvalue weighted by atomic mass is 9.99. The van der Waals surface area contributed by atoms with Crippen molar-refractivity contribution in [2.75, 3.05) is 5.32 Å². The Hall–Kier alpha value is -3.46. The molecule has 1 atom stereocenters. The van der Waals surface area contributed by atoms with E-state index in [-0.39, 0.29) is 17.7 Å². The largest absolute Gasteiger partial charge is 0.416 e. The van der Waals surface area contributed by atoms with Crippen LogP contribution in [0.1, 0.15) is 50.3 Å². The molecule has 0 saturated carbocycles. The van der Waals surface area contributed by atoms with Crippen molar-refractivity contribution >= 4 is 33.1 Å². The number of aromatic nitrogens is 2. The maximum absolute atomic E-state index is 13.5. The first-order valence-corrected chi connectivity index (χ1v) is 12.0. The number of carbonyl (C=O) groups is 1. The van der Waals surface area contributed by atoms with Gasteiger partial charge < -0.3 is 5.32 Å². The average molecular weight is 500 g/mol. The van der Waals surface area contributed by atoms with Crippen LogP contribution in [0.15, 0.2) is 65.0 Å². The van der Waals surface area contributed by atoms with Crippen LogP contribution < -0.4 is 10.9 Å². The van der Waals surface area contributed by atoms with Crippen LogP contribution in [0.3, 0.4) is 0 Å². The Morgan fingerprint density at radius 1 is 1.14 bits per heavy atom. The van der Waals surface area contributed by atoms with E-state index >= 15 is 0 Å². The molecule has 1 unspecified atom stereocenters. The van der Waals surface area contributed by atoms with Crippen molar-refractivity contribution in [2.45, 2.75) is 45.3 Å². The molecular weight excluding hydrogens is 475 g/mol. The molecule has 2 heterocycles. The van der Waals surface area contributed by atoms with Gasteiger partial charge in [-0.15, -0.1) is 11.3 Å². The lowest BCUT2D eigenvalue weighted by Gasteiger charge is -2.18. The van der Waals surface area contributed by atoms with E-state index in [2.05, 4.69) is 24.1 Å². The first-order chi connectivity index (χ1) is 16.6. The third-order valence-corrected chi connectivity index (χ3v) is 6.78. The zero-order chi connectivity index (χ0) is 25.3. The number of halogens is 3. The molecule has 4 aromatic rings. The number of thiophene rings is 1. The van der Waals surface area contributed by atoms with E-state index in [0.717, 1.165) is 23.3 Å². The molecule has 5 nitrogen and oxygen atoms in total. The molecule has 2 aromatic carbocycles. The van der Waals surface area contributed by atoms with Gasteiger partial charge in [-0.2, -0.15) is 13.2 Å². The van der Waals surface area contributed by atoms with Gasteiger partial charge in [0.25, 0.3) is 5.56 Å². The van der Waals surface area contributed by atoms with Gasteiger partial charge in [-0.05, 0) is 41.7 Å². The number of fused-ring (bicyclic) bond motifs is 1. The second kappa shape index (κ2) is 9.65. The standard InChI is InChI=1S/C26H24F3N3O2S/c1-4-21(23(33)31-19-7-5-6-18(12-19)26(27,28)29)32-14-30-24-22(25(32)34)20(13-35-24)17-10-8-16(9-11-17)15(2)3/h5-15,21H,4H2,1-3H3,(H,31,33). The molecule has 0 spiro atoms. The molecule has 9 heteroatoms. The highest BCUT2D eigenvalue weighted by Gasteiger charge is 2.31. The van der Waals surface area contributed by atoms with Gasteiger partial charge in [-0.3, -0.25) is 14.2 Å². The van der Waals surface area contributed by atoms with E-state index in [0.29, 0.717) is 16.1 Å². The Balaban J connectivity index is 1.69. The van der Waals surface area contributed by atoms with Gasteiger partial charge in [0.1, 0.15) is 10.9 Å². The summed E-state index contributed by atoms with van der Waals surface area (Å²) in [6.07, 6.45) is -2.95. The second-order valence-electron chi connectivity index (χ2n) is 8.56. The first-order valence-electron chi connectivity index (χ1n) is 11.2. The molecule has 182 valence electrons. The quantitative estimate of drug-likeness (QED) is 0.315. The zero-order valence-electron chi connectivity index (χ0n) is 19.4. The van der Waals surface area contributed by atoms with Crippen molar-refractivity contribution in [2.24, 2.45) is 0 Å². The van der Waals surface area contributed by atoms with Crippen LogP contribution in [0.5, 0.6) is 0 Å². The molecule has 0 saturated heterocycles. The summed E-state index contributed by atoms with van der Waals surface area (Å²) in [6.45, 7) is 5.94. The fourth-order valence-electron chi connectivity index (χ4n) is 3.93. The highest BCUT2D eigenvalue weighted by atomic mass is 32.1. The molecule has 35 heavy (non-hydrogen) atoms. The molecule has 0 fully saturated rings. The zero-order valence-corrected chi connectivity index (χ0v) is 20.2. The van der Waals surface area contributed by atoms with Crippen LogP contribution in [0.25, 0.3) is 21.3 Å². The highest BCUT2D eigenvalue weighted by Crippen LogP contribution is 2.33. The van der Waals surface area contributed by atoms with Crippen LogP contribution in [-0.2, 0) is 11.0 Å². The molecule has 2 aromatic heterocycles. The summed E-state index contributed by atoms with van der Waals surface area (Å²) in [6, 6.07) is 11.4. The fourth-order valence-corrected chi connectivity index (χ4v) is 4.84. The lowest BCUT2D eigenvalue weighted by Crippen LogP contribution is -2.33. The molecule has 0 radical (unpaired) electrons. The predicted octanol–water partition coefficient (Wildman–Crippen LogP) is 6.86. The molecule has 4 rings (SSSR count). The number of hydrogen-bond acceptors (Lipinski definition) is 4. The van der Waals surface area contributed by atoms with Gasteiger partial charge in [0, 0.05) is 16.6 Å². The summed E-state index contributed by atoms with van der Waals surface area (Å²) in [5, 5.41) is 4.80. The molecule has 0 aliphatic carbocycles. The van der Waals surface area contributed by atoms with Crippen LogP contribution in [0, 0.1) is 0 Å². The average Bonchev–Trinajstić information content (AvgIpc) is 3.26. The van der Waals surface area contributed by atoms with Crippen molar-refractivity contribution in [3.63, 3.8) is 0 Å². The first kappa shape index (κ1) is 24.7. The number of nitrogens with zero attached hydrogens (tertiary/aromatic N) is 2. The smallest absolute Gasteiger partial charge is 0.324 e. The predicted molar refractivity (Wildman–Crippen MR) is 133 cm³/mol. The minimum atomic E-state index is -4.53. The number of benzene rings is 2. The monoisotopic (exact) mass is 499 g/mol. The third-order valence-electron chi connectivity index (χ3n) is 5.89. The lowest BCUT2D eigenvalue weighted by molar-refractivity contribution is -0.137. The maximum Gasteiger partial charge on any atom is 0.416 e. The van der Waals surface area contributed by atoms with Crippen molar-refractivity contribution in [3.8, 4) is 11.1 Å². The van der Waals surface area contributed by atoms with Crippen LogP contribution in [-0.4, -0.2) is 15.5 Å². The number of nitrogens with one attached hydrogen (secondary N) is 1. The Morgan fingerprint density at radius 2 is 1.86 bits per heavy atom. The van der Waals surface area contributed by atoms with Crippen molar-refractivity contribution in [1.82, 2.24) is 9.55 Å². The summed E-state index contributed by atoms with van der Waals surface area (Å²) in [5.41, 5.74) is 1.56. The molecular formula is C26H24F3N3O2S.